The molecule has 0 atom stereocenters. The minimum absolute atomic E-state index is 0.0583. The number of nitrogens with zero attached hydrogens (tertiary/aromatic N) is 3. The van der Waals surface area contributed by atoms with Gasteiger partial charge < -0.3 is 5.11 Å². The van der Waals surface area contributed by atoms with E-state index >= 15 is 0 Å². The van der Waals surface area contributed by atoms with Gasteiger partial charge in [-0.3, -0.25) is 0 Å². The number of hydrogen-bond acceptors (Lipinski definition) is 3. The van der Waals surface area contributed by atoms with Gasteiger partial charge in [-0.25, -0.2) is 14.3 Å². The van der Waals surface area contributed by atoms with Crippen LogP contribution in [0.2, 0.25) is 0 Å². The Kier molecular flexibility index (Phi) is 1.96. The van der Waals surface area contributed by atoms with E-state index in [-0.39, 0.29) is 5.69 Å². The predicted octanol–water partition coefficient (Wildman–Crippen LogP) is 1.35. The van der Waals surface area contributed by atoms with Crippen LogP contribution in [-0.4, -0.2) is 25.7 Å². The summed E-state index contributed by atoms with van der Waals surface area (Å²) in [5.74, 6) is -1.01. The molecular weight excluding hydrogens is 194 g/mol. The van der Waals surface area contributed by atoms with Gasteiger partial charge in [0.15, 0.2) is 11.3 Å². The second kappa shape index (κ2) is 3.05. The van der Waals surface area contributed by atoms with Crippen molar-refractivity contribution in [1.29, 1.82) is 0 Å². The lowest BCUT2D eigenvalue weighted by Crippen LogP contribution is -2.05. The third kappa shape index (κ3) is 1.36. The number of aryl methyl sites for hydroxylation is 3. The molecule has 0 spiro atoms. The maximum Gasteiger partial charge on any atom is 0.354 e. The Morgan fingerprint density at radius 3 is 2.67 bits per heavy atom. The molecule has 0 aliphatic carbocycles. The summed E-state index contributed by atoms with van der Waals surface area (Å²) in [6, 6.07) is 1.52. The average Bonchev–Trinajstić information content (AvgIpc) is 2.45. The molecule has 5 heteroatoms. The lowest BCUT2D eigenvalue weighted by atomic mass is 10.2. The molecule has 2 heterocycles. The molecule has 0 aliphatic heterocycles. The zero-order valence-corrected chi connectivity index (χ0v) is 8.77. The Balaban J connectivity index is 2.85. The zero-order chi connectivity index (χ0) is 11.2. The molecule has 0 unspecified atom stereocenters. The molecule has 0 aliphatic rings. The third-order valence-electron chi connectivity index (χ3n) is 2.45. The Labute approximate surface area is 86.4 Å². The number of aromatic carboxylic acids is 1. The summed E-state index contributed by atoms with van der Waals surface area (Å²) in [6.45, 7) is 5.58. The molecule has 2 aromatic rings. The molecule has 0 saturated heterocycles. The van der Waals surface area contributed by atoms with E-state index < -0.39 is 5.97 Å². The van der Waals surface area contributed by atoms with Gasteiger partial charge >= 0.3 is 5.97 Å². The molecule has 15 heavy (non-hydrogen) atoms. The highest BCUT2D eigenvalue weighted by Gasteiger charge is 2.12. The molecule has 0 aromatic carbocycles. The summed E-state index contributed by atoms with van der Waals surface area (Å²) in [6.07, 6.45) is 0. The van der Waals surface area contributed by atoms with Gasteiger partial charge in [0.05, 0.1) is 5.69 Å². The van der Waals surface area contributed by atoms with Crippen LogP contribution in [0.5, 0.6) is 0 Å². The molecule has 0 saturated carbocycles. The minimum Gasteiger partial charge on any atom is -0.477 e. The van der Waals surface area contributed by atoms with Crippen LogP contribution in [-0.2, 0) is 0 Å². The molecule has 1 N–H and O–H groups in total. The topological polar surface area (TPSA) is 67.5 Å². The third-order valence-corrected chi connectivity index (χ3v) is 2.45. The minimum atomic E-state index is -1.01. The molecule has 5 nitrogen and oxygen atoms in total. The normalized spacial score (nSPS) is 10.9. The van der Waals surface area contributed by atoms with E-state index in [0.29, 0.717) is 5.65 Å². The number of carboxylic acids is 1. The number of rotatable bonds is 1. The van der Waals surface area contributed by atoms with Crippen molar-refractivity contribution >= 4 is 11.6 Å². The highest BCUT2D eigenvalue weighted by molar-refractivity contribution is 5.86. The van der Waals surface area contributed by atoms with E-state index in [0.717, 1.165) is 17.0 Å². The fourth-order valence-electron chi connectivity index (χ4n) is 1.49. The monoisotopic (exact) mass is 205 g/mol. The summed E-state index contributed by atoms with van der Waals surface area (Å²) < 4.78 is 1.66. The first-order valence-corrected chi connectivity index (χ1v) is 4.57. The first-order chi connectivity index (χ1) is 7.00. The van der Waals surface area contributed by atoms with Crippen LogP contribution in [0.1, 0.15) is 27.4 Å². The van der Waals surface area contributed by atoms with E-state index in [1.165, 1.54) is 6.07 Å². The standard InChI is InChI=1S/C10H11N3O2/c1-5-4-8(10(14)15)11-9-6(2)7(3)12-13(5)9/h4H,1-3H3,(H,14,15). The van der Waals surface area contributed by atoms with E-state index in [2.05, 4.69) is 10.1 Å². The maximum atomic E-state index is 10.8. The van der Waals surface area contributed by atoms with Gasteiger partial charge in [-0.05, 0) is 26.8 Å². The van der Waals surface area contributed by atoms with Crippen LogP contribution in [0.25, 0.3) is 5.65 Å². The van der Waals surface area contributed by atoms with Gasteiger partial charge in [-0.2, -0.15) is 5.10 Å². The zero-order valence-electron chi connectivity index (χ0n) is 8.77. The van der Waals surface area contributed by atoms with Crippen molar-refractivity contribution in [2.24, 2.45) is 0 Å². The van der Waals surface area contributed by atoms with Gasteiger partial charge in [0.25, 0.3) is 0 Å². The van der Waals surface area contributed by atoms with Crippen molar-refractivity contribution in [1.82, 2.24) is 14.6 Å². The van der Waals surface area contributed by atoms with Crippen LogP contribution in [0.4, 0.5) is 0 Å². The van der Waals surface area contributed by atoms with Crippen molar-refractivity contribution in [2.45, 2.75) is 20.8 Å². The number of aromatic nitrogens is 3. The summed E-state index contributed by atoms with van der Waals surface area (Å²) in [5.41, 5.74) is 3.23. The average molecular weight is 205 g/mol. The number of carboxylic acid groups (broad SMARTS) is 1. The molecule has 0 amide bonds. The van der Waals surface area contributed by atoms with Crippen LogP contribution >= 0.6 is 0 Å². The maximum absolute atomic E-state index is 10.8. The number of carbonyl (C=O) groups is 1. The van der Waals surface area contributed by atoms with E-state index in [1.54, 1.807) is 4.52 Å². The second-order valence-electron chi connectivity index (χ2n) is 3.53. The van der Waals surface area contributed by atoms with Gasteiger partial charge in [0, 0.05) is 11.3 Å². The molecule has 0 fully saturated rings. The van der Waals surface area contributed by atoms with Crippen LogP contribution in [0.15, 0.2) is 6.07 Å². The molecule has 78 valence electrons. The first kappa shape index (κ1) is 9.64. The lowest BCUT2D eigenvalue weighted by molar-refractivity contribution is 0.0690. The van der Waals surface area contributed by atoms with Crippen LogP contribution < -0.4 is 0 Å². The van der Waals surface area contributed by atoms with Gasteiger partial charge in [-0.15, -0.1) is 0 Å². The predicted molar refractivity (Wildman–Crippen MR) is 54.2 cm³/mol. The van der Waals surface area contributed by atoms with E-state index in [1.807, 2.05) is 20.8 Å². The van der Waals surface area contributed by atoms with E-state index in [9.17, 15) is 4.79 Å². The summed E-state index contributed by atoms with van der Waals surface area (Å²) >= 11 is 0. The fourth-order valence-corrected chi connectivity index (χ4v) is 1.49. The quantitative estimate of drug-likeness (QED) is 0.763. The molecular formula is C10H11N3O2. The molecule has 2 rings (SSSR count). The van der Waals surface area contributed by atoms with Crippen molar-refractivity contribution in [3.8, 4) is 0 Å². The molecule has 2 aromatic heterocycles. The van der Waals surface area contributed by atoms with E-state index in [4.69, 9.17) is 5.11 Å². The second-order valence-corrected chi connectivity index (χ2v) is 3.53. The highest BCUT2D eigenvalue weighted by atomic mass is 16.4. The summed E-state index contributed by atoms with van der Waals surface area (Å²) in [5, 5.41) is 13.1. The smallest absolute Gasteiger partial charge is 0.354 e. The highest BCUT2D eigenvalue weighted by Crippen LogP contribution is 2.14. The van der Waals surface area contributed by atoms with Gasteiger partial charge in [-0.1, -0.05) is 0 Å². The van der Waals surface area contributed by atoms with Crippen molar-refractivity contribution in [3.05, 3.63) is 28.7 Å². The summed E-state index contributed by atoms with van der Waals surface area (Å²) in [7, 11) is 0. The number of hydrogen-bond donors (Lipinski definition) is 1. The Morgan fingerprint density at radius 2 is 2.07 bits per heavy atom. The van der Waals surface area contributed by atoms with Crippen molar-refractivity contribution < 1.29 is 9.90 Å². The Hall–Kier alpha value is -1.91. The molecule has 0 bridgehead atoms. The van der Waals surface area contributed by atoms with Crippen molar-refractivity contribution in [3.63, 3.8) is 0 Å². The Bertz CT molecular complexity index is 557. The lowest BCUT2D eigenvalue weighted by Gasteiger charge is -2.00. The largest absolute Gasteiger partial charge is 0.477 e. The fraction of sp³-hybridized carbons (Fsp3) is 0.300. The van der Waals surface area contributed by atoms with Crippen molar-refractivity contribution in [2.75, 3.05) is 0 Å². The first-order valence-electron chi connectivity index (χ1n) is 4.57. The van der Waals surface area contributed by atoms with Crippen LogP contribution in [0, 0.1) is 20.8 Å². The molecule has 0 radical (unpaired) electrons. The Morgan fingerprint density at radius 1 is 1.40 bits per heavy atom. The van der Waals surface area contributed by atoms with Crippen LogP contribution in [0.3, 0.4) is 0 Å². The van der Waals surface area contributed by atoms with Gasteiger partial charge in [0.1, 0.15) is 0 Å². The number of fused-ring (bicyclic) bond motifs is 1. The summed E-state index contributed by atoms with van der Waals surface area (Å²) in [4.78, 5) is 14.9. The van der Waals surface area contributed by atoms with Gasteiger partial charge in [0.2, 0.25) is 0 Å². The SMILES string of the molecule is Cc1nn2c(C)cc(C(=O)O)nc2c1C.